The molecule has 4 heteroatoms. The molecule has 0 radical (unpaired) electrons. The number of allylic oxidation sites excluding steroid dienone is 1. The van der Waals surface area contributed by atoms with Gasteiger partial charge in [0.15, 0.2) is 0 Å². The highest BCUT2D eigenvalue weighted by Crippen LogP contribution is 2.52. The number of nitrogens with zero attached hydrogens (tertiary/aromatic N) is 1. The van der Waals surface area contributed by atoms with Crippen LogP contribution < -0.4 is 0 Å². The summed E-state index contributed by atoms with van der Waals surface area (Å²) in [4.78, 5) is 11.8. The number of hydrogen-bond donors (Lipinski definition) is 0. The van der Waals surface area contributed by atoms with Crippen LogP contribution in [0.4, 0.5) is 0 Å². The maximum Gasteiger partial charge on any atom is 0.314 e. The van der Waals surface area contributed by atoms with Crippen molar-refractivity contribution in [3.8, 4) is 6.07 Å². The monoisotopic (exact) mass is 211 g/mol. The lowest BCUT2D eigenvalue weighted by atomic mass is 10.1. The molecule has 1 aliphatic carbocycles. The topological polar surface area (TPSA) is 50.1 Å². The van der Waals surface area contributed by atoms with Crippen LogP contribution in [0.1, 0.15) is 20.3 Å². The van der Waals surface area contributed by atoms with Crippen molar-refractivity contribution in [1.82, 2.24) is 0 Å². The molecule has 0 spiro atoms. The van der Waals surface area contributed by atoms with Crippen LogP contribution in [0.5, 0.6) is 0 Å². The zero-order valence-corrected chi connectivity index (χ0v) is 9.35. The molecule has 1 saturated carbocycles. The van der Waals surface area contributed by atoms with Gasteiger partial charge < -0.3 is 4.74 Å². The molecule has 1 unspecified atom stereocenters. The lowest BCUT2D eigenvalue weighted by molar-refractivity contribution is -0.140. The number of thioether (sulfide) groups is 1. The third-order valence-corrected chi connectivity index (χ3v) is 3.04. The molecule has 0 heterocycles. The molecule has 0 aliphatic heterocycles. The van der Waals surface area contributed by atoms with E-state index in [1.54, 1.807) is 6.26 Å². The second-order valence-electron chi connectivity index (χ2n) is 3.98. The Balaban J connectivity index is 2.44. The van der Waals surface area contributed by atoms with E-state index < -0.39 is 0 Å². The molecule has 1 rings (SSSR count). The van der Waals surface area contributed by atoms with Gasteiger partial charge in [-0.25, -0.2) is 0 Å². The van der Waals surface area contributed by atoms with Crippen LogP contribution in [0.15, 0.2) is 11.2 Å². The van der Waals surface area contributed by atoms with Crippen LogP contribution in [0.2, 0.25) is 0 Å². The van der Waals surface area contributed by atoms with Gasteiger partial charge in [-0.15, -0.1) is 11.8 Å². The molecule has 3 nitrogen and oxygen atoms in total. The smallest absolute Gasteiger partial charge is 0.314 e. The minimum Gasteiger partial charge on any atom is -0.432 e. The third kappa shape index (κ3) is 2.52. The summed E-state index contributed by atoms with van der Waals surface area (Å²) in [6.07, 6.45) is 3.88. The van der Waals surface area contributed by atoms with Crippen molar-refractivity contribution in [2.45, 2.75) is 20.3 Å². The maximum absolute atomic E-state index is 11.4. The molecule has 0 aromatic carbocycles. The van der Waals surface area contributed by atoms with E-state index in [0.717, 1.165) is 6.42 Å². The van der Waals surface area contributed by atoms with Gasteiger partial charge in [0.25, 0.3) is 0 Å². The van der Waals surface area contributed by atoms with E-state index >= 15 is 0 Å². The lowest BCUT2D eigenvalue weighted by Gasteiger charge is -2.01. The van der Waals surface area contributed by atoms with E-state index in [0.29, 0.717) is 4.91 Å². The van der Waals surface area contributed by atoms with Gasteiger partial charge in [0.1, 0.15) is 17.2 Å². The molecule has 0 saturated heterocycles. The summed E-state index contributed by atoms with van der Waals surface area (Å²) in [5.41, 5.74) is 0.0804. The Morgan fingerprint density at radius 1 is 1.71 bits per heavy atom. The van der Waals surface area contributed by atoms with Gasteiger partial charge in [-0.3, -0.25) is 4.79 Å². The fraction of sp³-hybridized carbons (Fsp3) is 0.600. The van der Waals surface area contributed by atoms with E-state index in [9.17, 15) is 4.79 Å². The van der Waals surface area contributed by atoms with Crippen LogP contribution in [-0.4, -0.2) is 12.2 Å². The standard InChI is InChI=1S/C10H13NO2S/c1-10(2)4-8(10)9(12)13-6-7(5-11)14-3/h6,8H,4H2,1-3H3. The van der Waals surface area contributed by atoms with Crippen molar-refractivity contribution in [2.24, 2.45) is 11.3 Å². The summed E-state index contributed by atoms with van der Waals surface area (Å²) in [6, 6.07) is 1.93. The van der Waals surface area contributed by atoms with Gasteiger partial charge >= 0.3 is 5.97 Å². The summed E-state index contributed by atoms with van der Waals surface area (Å²) in [5.74, 6) is -0.225. The molecule has 1 atom stereocenters. The largest absolute Gasteiger partial charge is 0.432 e. The Hall–Kier alpha value is -0.950. The van der Waals surface area contributed by atoms with Gasteiger partial charge in [0, 0.05) is 0 Å². The first-order chi connectivity index (χ1) is 6.51. The predicted octanol–water partition coefficient (Wildman–Crippen LogP) is 2.30. The fourth-order valence-corrected chi connectivity index (χ4v) is 1.42. The Labute approximate surface area is 88.1 Å². The van der Waals surface area contributed by atoms with Gasteiger partial charge in [-0.1, -0.05) is 13.8 Å². The summed E-state index contributed by atoms with van der Waals surface area (Å²) < 4.78 is 4.90. The molecule has 0 aromatic heterocycles. The molecule has 0 N–H and O–H groups in total. The van der Waals surface area contributed by atoms with E-state index in [1.807, 2.05) is 19.9 Å². The first-order valence-electron chi connectivity index (χ1n) is 4.36. The second kappa shape index (κ2) is 4.05. The van der Waals surface area contributed by atoms with Crippen LogP contribution in [0, 0.1) is 22.7 Å². The van der Waals surface area contributed by atoms with Crippen molar-refractivity contribution < 1.29 is 9.53 Å². The highest BCUT2D eigenvalue weighted by molar-refractivity contribution is 8.02. The first-order valence-corrected chi connectivity index (χ1v) is 5.58. The predicted molar refractivity (Wildman–Crippen MR) is 55.2 cm³/mol. The molecule has 1 aliphatic rings. The van der Waals surface area contributed by atoms with E-state index in [4.69, 9.17) is 10.00 Å². The molecule has 14 heavy (non-hydrogen) atoms. The maximum atomic E-state index is 11.4. The molecule has 1 fully saturated rings. The Bertz CT molecular complexity index is 315. The number of ether oxygens (including phenoxy) is 1. The van der Waals surface area contributed by atoms with Crippen molar-refractivity contribution in [1.29, 1.82) is 5.26 Å². The zero-order valence-electron chi connectivity index (χ0n) is 8.53. The molecule has 0 aromatic rings. The molecule has 76 valence electrons. The normalized spacial score (nSPS) is 23.9. The van der Waals surface area contributed by atoms with Gasteiger partial charge in [-0.05, 0) is 18.1 Å². The van der Waals surface area contributed by atoms with Gasteiger partial charge in [-0.2, -0.15) is 5.26 Å². The second-order valence-corrected chi connectivity index (χ2v) is 4.83. The number of carbonyl (C=O) groups is 1. The number of esters is 1. The summed E-state index contributed by atoms with van der Waals surface area (Å²) in [6.45, 7) is 4.06. The van der Waals surface area contributed by atoms with Crippen molar-refractivity contribution in [3.05, 3.63) is 11.2 Å². The lowest BCUT2D eigenvalue weighted by Crippen LogP contribution is -2.07. The SMILES string of the molecule is CSC(C#N)=COC(=O)C1CC1(C)C. The Kier molecular flexibility index (Phi) is 3.22. The van der Waals surface area contributed by atoms with Gasteiger partial charge in [0.2, 0.25) is 0 Å². The zero-order chi connectivity index (χ0) is 10.8. The van der Waals surface area contributed by atoms with Crippen LogP contribution in [0.3, 0.4) is 0 Å². The van der Waals surface area contributed by atoms with E-state index in [2.05, 4.69) is 0 Å². The van der Waals surface area contributed by atoms with Crippen molar-refractivity contribution in [2.75, 3.05) is 6.26 Å². The Morgan fingerprint density at radius 2 is 2.29 bits per heavy atom. The number of hydrogen-bond acceptors (Lipinski definition) is 4. The summed E-state index contributed by atoms with van der Waals surface area (Å²) in [5, 5.41) is 8.57. The highest BCUT2D eigenvalue weighted by Gasteiger charge is 2.51. The van der Waals surface area contributed by atoms with E-state index in [-0.39, 0.29) is 17.3 Å². The summed E-state index contributed by atoms with van der Waals surface area (Å²) >= 11 is 1.27. The quantitative estimate of drug-likeness (QED) is 0.408. The Morgan fingerprint density at radius 3 is 2.64 bits per heavy atom. The van der Waals surface area contributed by atoms with Crippen LogP contribution >= 0.6 is 11.8 Å². The molecular formula is C10H13NO2S. The van der Waals surface area contributed by atoms with Gasteiger partial charge in [0.05, 0.1) is 5.92 Å². The minimum absolute atomic E-state index is 0.000508. The average molecular weight is 211 g/mol. The average Bonchev–Trinajstić information content (AvgIpc) is 2.77. The molecule has 0 bridgehead atoms. The molecular weight excluding hydrogens is 198 g/mol. The van der Waals surface area contributed by atoms with Crippen LogP contribution in [-0.2, 0) is 9.53 Å². The third-order valence-electron chi connectivity index (χ3n) is 2.41. The number of rotatable bonds is 3. The van der Waals surface area contributed by atoms with Crippen molar-refractivity contribution >= 4 is 17.7 Å². The number of nitriles is 1. The fourth-order valence-electron chi connectivity index (χ4n) is 1.18. The highest BCUT2D eigenvalue weighted by atomic mass is 32.2. The first kappa shape index (κ1) is 11.1. The van der Waals surface area contributed by atoms with E-state index in [1.165, 1.54) is 18.0 Å². The molecule has 0 amide bonds. The van der Waals surface area contributed by atoms with Crippen molar-refractivity contribution in [3.63, 3.8) is 0 Å². The number of carbonyl (C=O) groups excluding carboxylic acids is 1. The van der Waals surface area contributed by atoms with Crippen LogP contribution in [0.25, 0.3) is 0 Å². The summed E-state index contributed by atoms with van der Waals surface area (Å²) in [7, 11) is 0. The minimum atomic E-state index is -0.225.